The number of aromatic nitrogens is 1. The number of nitrogens with one attached hydrogen (secondary N) is 1. The van der Waals surface area contributed by atoms with Crippen LogP contribution in [0.25, 0.3) is 0 Å². The lowest BCUT2D eigenvalue weighted by Gasteiger charge is -2.14. The smallest absolute Gasteiger partial charge is 0.142 e. The quantitative estimate of drug-likeness (QED) is 0.914. The Morgan fingerprint density at radius 2 is 2.18 bits per heavy atom. The maximum absolute atomic E-state index is 5.84. The SMILES string of the molecule is CCOc1cc2c(cc1NCc1c(C)noc1C)O[C@H](C)C2. The molecule has 22 heavy (non-hydrogen) atoms. The van der Waals surface area contributed by atoms with Gasteiger partial charge in [0.25, 0.3) is 0 Å². The Morgan fingerprint density at radius 3 is 2.86 bits per heavy atom. The Balaban J connectivity index is 1.84. The number of fused-ring (bicyclic) bond motifs is 1. The van der Waals surface area contributed by atoms with Gasteiger partial charge in [-0.3, -0.25) is 0 Å². The van der Waals surface area contributed by atoms with Gasteiger partial charge in [-0.1, -0.05) is 5.16 Å². The molecule has 0 amide bonds. The molecule has 1 N–H and O–H groups in total. The summed E-state index contributed by atoms with van der Waals surface area (Å²) in [5, 5.41) is 7.41. The van der Waals surface area contributed by atoms with E-state index in [1.54, 1.807) is 0 Å². The number of anilines is 1. The first-order valence-corrected chi connectivity index (χ1v) is 7.70. The molecule has 0 aliphatic carbocycles. The molecule has 5 nitrogen and oxygen atoms in total. The Kier molecular flexibility index (Phi) is 3.96. The average molecular weight is 302 g/mol. The largest absolute Gasteiger partial charge is 0.492 e. The fourth-order valence-electron chi connectivity index (χ4n) is 2.79. The topological polar surface area (TPSA) is 56.5 Å². The van der Waals surface area contributed by atoms with Crippen LogP contribution in [0.1, 0.15) is 36.4 Å². The summed E-state index contributed by atoms with van der Waals surface area (Å²) in [6, 6.07) is 4.11. The van der Waals surface area contributed by atoms with Gasteiger partial charge in [-0.05, 0) is 33.8 Å². The van der Waals surface area contributed by atoms with E-state index in [-0.39, 0.29) is 6.10 Å². The molecule has 0 saturated heterocycles. The van der Waals surface area contributed by atoms with Crippen molar-refractivity contribution >= 4 is 5.69 Å². The minimum Gasteiger partial charge on any atom is -0.492 e. The summed E-state index contributed by atoms with van der Waals surface area (Å²) in [7, 11) is 0. The molecule has 1 aromatic carbocycles. The van der Waals surface area contributed by atoms with Crippen molar-refractivity contribution < 1.29 is 14.0 Å². The molecule has 1 atom stereocenters. The summed E-state index contributed by atoms with van der Waals surface area (Å²) in [6.45, 7) is 9.23. The zero-order valence-electron chi connectivity index (χ0n) is 13.5. The first kappa shape index (κ1) is 14.8. The van der Waals surface area contributed by atoms with E-state index in [2.05, 4.69) is 23.5 Å². The standard InChI is InChI=1S/C17H22N2O3/c1-5-20-17-7-13-6-10(2)21-16(13)8-15(17)18-9-14-11(3)19-22-12(14)4/h7-8,10,18H,5-6,9H2,1-4H3/t10-/m1/s1. The molecule has 5 heteroatoms. The van der Waals surface area contributed by atoms with E-state index in [0.717, 1.165) is 40.6 Å². The van der Waals surface area contributed by atoms with Gasteiger partial charge in [-0.15, -0.1) is 0 Å². The normalized spacial score (nSPS) is 16.3. The summed E-state index contributed by atoms with van der Waals surface area (Å²) >= 11 is 0. The molecule has 3 rings (SSSR count). The number of benzene rings is 1. The van der Waals surface area contributed by atoms with Crippen molar-refractivity contribution in [3.63, 3.8) is 0 Å². The Hall–Kier alpha value is -2.17. The van der Waals surface area contributed by atoms with E-state index >= 15 is 0 Å². The first-order chi connectivity index (χ1) is 10.6. The second-order valence-corrected chi connectivity index (χ2v) is 5.68. The van der Waals surface area contributed by atoms with Gasteiger partial charge in [0.05, 0.1) is 18.0 Å². The number of aryl methyl sites for hydroxylation is 2. The third kappa shape index (κ3) is 2.75. The van der Waals surface area contributed by atoms with Crippen LogP contribution >= 0.6 is 0 Å². The third-order valence-corrected chi connectivity index (χ3v) is 3.93. The number of nitrogens with zero attached hydrogens (tertiary/aromatic N) is 1. The molecular weight excluding hydrogens is 280 g/mol. The molecule has 1 aliphatic rings. The maximum Gasteiger partial charge on any atom is 0.142 e. The molecule has 2 heterocycles. The predicted octanol–water partition coefficient (Wildman–Crippen LogP) is 3.63. The Bertz CT molecular complexity index is 659. The van der Waals surface area contributed by atoms with Gasteiger partial charge < -0.3 is 19.3 Å². The summed E-state index contributed by atoms with van der Waals surface area (Å²) in [4.78, 5) is 0. The van der Waals surface area contributed by atoms with E-state index in [4.69, 9.17) is 14.0 Å². The zero-order valence-corrected chi connectivity index (χ0v) is 13.5. The number of hydrogen-bond donors (Lipinski definition) is 1. The van der Waals surface area contributed by atoms with Crippen LogP contribution in [0, 0.1) is 13.8 Å². The highest BCUT2D eigenvalue weighted by atomic mass is 16.5. The molecule has 118 valence electrons. The van der Waals surface area contributed by atoms with Crippen LogP contribution in [0.5, 0.6) is 11.5 Å². The van der Waals surface area contributed by atoms with Crippen LogP contribution in [-0.4, -0.2) is 17.9 Å². The molecular formula is C17H22N2O3. The fraction of sp³-hybridized carbons (Fsp3) is 0.471. The lowest BCUT2D eigenvalue weighted by molar-refractivity contribution is 0.254. The monoisotopic (exact) mass is 302 g/mol. The maximum atomic E-state index is 5.84. The van der Waals surface area contributed by atoms with E-state index in [0.29, 0.717) is 13.2 Å². The van der Waals surface area contributed by atoms with Crippen molar-refractivity contribution in [1.82, 2.24) is 5.16 Å². The summed E-state index contributed by atoms with van der Waals surface area (Å²) in [5.74, 6) is 2.65. The second kappa shape index (κ2) is 5.91. The Morgan fingerprint density at radius 1 is 1.36 bits per heavy atom. The summed E-state index contributed by atoms with van der Waals surface area (Å²) in [5.41, 5.74) is 4.14. The van der Waals surface area contributed by atoms with Gasteiger partial charge in [0.1, 0.15) is 23.4 Å². The van der Waals surface area contributed by atoms with E-state index in [1.165, 1.54) is 5.56 Å². The predicted molar refractivity (Wildman–Crippen MR) is 84.7 cm³/mol. The fourth-order valence-corrected chi connectivity index (χ4v) is 2.79. The average Bonchev–Trinajstić information content (AvgIpc) is 2.99. The van der Waals surface area contributed by atoms with Gasteiger partial charge >= 0.3 is 0 Å². The first-order valence-electron chi connectivity index (χ1n) is 7.70. The zero-order chi connectivity index (χ0) is 15.7. The van der Waals surface area contributed by atoms with Gasteiger partial charge in [0.2, 0.25) is 0 Å². The summed E-state index contributed by atoms with van der Waals surface area (Å²) < 4.78 is 16.8. The molecule has 2 aromatic rings. The lowest BCUT2D eigenvalue weighted by atomic mass is 10.1. The van der Waals surface area contributed by atoms with Crippen molar-refractivity contribution in [2.45, 2.75) is 46.8 Å². The van der Waals surface area contributed by atoms with Crippen molar-refractivity contribution in [3.05, 3.63) is 34.7 Å². The molecule has 0 bridgehead atoms. The minimum absolute atomic E-state index is 0.224. The molecule has 0 spiro atoms. The molecule has 1 aromatic heterocycles. The van der Waals surface area contributed by atoms with Gasteiger partial charge in [-0.2, -0.15) is 0 Å². The highest BCUT2D eigenvalue weighted by Crippen LogP contribution is 2.38. The van der Waals surface area contributed by atoms with Crippen molar-refractivity contribution in [2.75, 3.05) is 11.9 Å². The van der Waals surface area contributed by atoms with Gasteiger partial charge in [0.15, 0.2) is 0 Å². The van der Waals surface area contributed by atoms with E-state index < -0.39 is 0 Å². The van der Waals surface area contributed by atoms with Crippen molar-refractivity contribution in [1.29, 1.82) is 0 Å². The molecule has 1 aliphatic heterocycles. The van der Waals surface area contributed by atoms with Crippen LogP contribution in [-0.2, 0) is 13.0 Å². The van der Waals surface area contributed by atoms with Crippen LogP contribution in [0.15, 0.2) is 16.7 Å². The summed E-state index contributed by atoms with van der Waals surface area (Å²) in [6.07, 6.45) is 1.15. The molecule has 0 fully saturated rings. The van der Waals surface area contributed by atoms with Crippen LogP contribution in [0.3, 0.4) is 0 Å². The van der Waals surface area contributed by atoms with Gasteiger partial charge in [-0.25, -0.2) is 0 Å². The van der Waals surface area contributed by atoms with Crippen LogP contribution < -0.4 is 14.8 Å². The Labute approximate surface area is 130 Å². The molecule has 0 unspecified atom stereocenters. The highest BCUT2D eigenvalue weighted by molar-refractivity contribution is 5.63. The number of hydrogen-bond acceptors (Lipinski definition) is 5. The van der Waals surface area contributed by atoms with E-state index in [9.17, 15) is 0 Å². The second-order valence-electron chi connectivity index (χ2n) is 5.68. The number of ether oxygens (including phenoxy) is 2. The molecule has 0 radical (unpaired) electrons. The van der Waals surface area contributed by atoms with Crippen LogP contribution in [0.2, 0.25) is 0 Å². The van der Waals surface area contributed by atoms with Crippen molar-refractivity contribution in [3.8, 4) is 11.5 Å². The van der Waals surface area contributed by atoms with Crippen molar-refractivity contribution in [2.24, 2.45) is 0 Å². The number of rotatable bonds is 5. The lowest BCUT2D eigenvalue weighted by Crippen LogP contribution is -2.05. The molecule has 0 saturated carbocycles. The third-order valence-electron chi connectivity index (χ3n) is 3.93. The highest BCUT2D eigenvalue weighted by Gasteiger charge is 2.22. The van der Waals surface area contributed by atoms with Gasteiger partial charge in [0, 0.05) is 30.2 Å². The van der Waals surface area contributed by atoms with Crippen LogP contribution in [0.4, 0.5) is 5.69 Å². The van der Waals surface area contributed by atoms with E-state index in [1.807, 2.05) is 26.8 Å². The minimum atomic E-state index is 0.224.